The molecule has 1 unspecified atom stereocenters. The van der Waals surface area contributed by atoms with E-state index in [0.717, 1.165) is 0 Å². The van der Waals surface area contributed by atoms with Gasteiger partial charge in [-0.1, -0.05) is 23.4 Å². The predicted octanol–water partition coefficient (Wildman–Crippen LogP) is 1.80. The van der Waals surface area contributed by atoms with E-state index in [2.05, 4.69) is 26.0 Å². The van der Waals surface area contributed by atoms with Crippen molar-refractivity contribution in [2.24, 2.45) is 0 Å². The van der Waals surface area contributed by atoms with Crippen LogP contribution in [0.5, 0.6) is 0 Å². The first-order valence-electron chi connectivity index (χ1n) is 10.1. The molecular weight excluding hydrogens is 493 g/mol. The van der Waals surface area contributed by atoms with Crippen LogP contribution in [0, 0.1) is 11.6 Å². The van der Waals surface area contributed by atoms with Crippen LogP contribution < -0.4 is 11.1 Å². The van der Waals surface area contributed by atoms with Gasteiger partial charge in [0.25, 0.3) is 5.60 Å². The van der Waals surface area contributed by atoms with Gasteiger partial charge in [0.2, 0.25) is 0 Å². The number of hydrogen-bond acceptors (Lipinski definition) is 8. The van der Waals surface area contributed by atoms with Gasteiger partial charge in [-0.15, -0.1) is 0 Å². The normalized spacial score (nSPS) is 13.4. The van der Waals surface area contributed by atoms with Gasteiger partial charge in [0.05, 0.1) is 25.0 Å². The van der Waals surface area contributed by atoms with E-state index in [1.807, 2.05) is 5.32 Å². The summed E-state index contributed by atoms with van der Waals surface area (Å²) in [5, 5.41) is 19.9. The first kappa shape index (κ1) is 24.9. The van der Waals surface area contributed by atoms with Gasteiger partial charge < -0.3 is 14.9 Å². The molecule has 0 radical (unpaired) electrons. The molecule has 0 bridgehead atoms. The zero-order valence-electron chi connectivity index (χ0n) is 18.1. The minimum Gasteiger partial charge on any atom is -0.368 e. The Hall–Kier alpha value is -4.24. The van der Waals surface area contributed by atoms with Crippen molar-refractivity contribution in [2.45, 2.75) is 18.3 Å². The second-order valence-electron chi connectivity index (χ2n) is 7.57. The van der Waals surface area contributed by atoms with Crippen molar-refractivity contribution in [1.82, 2.24) is 24.9 Å². The summed E-state index contributed by atoms with van der Waals surface area (Å²) in [5.41, 5.74) is -0.212. The highest BCUT2D eigenvalue weighted by atomic mass is 19.4. The van der Waals surface area contributed by atoms with Gasteiger partial charge in [-0.3, -0.25) is 10.4 Å². The maximum absolute atomic E-state index is 14.3. The van der Waals surface area contributed by atoms with Gasteiger partial charge in [0.15, 0.2) is 17.5 Å². The minimum atomic E-state index is -5.37. The number of halogens is 5. The van der Waals surface area contributed by atoms with E-state index in [-0.39, 0.29) is 18.1 Å². The van der Waals surface area contributed by atoms with Gasteiger partial charge in [-0.25, -0.2) is 23.5 Å². The Morgan fingerprint density at radius 3 is 2.53 bits per heavy atom. The number of alkyl halides is 3. The molecule has 0 fully saturated rings. The summed E-state index contributed by atoms with van der Waals surface area (Å²) >= 11 is 0. The molecule has 3 aromatic heterocycles. The Morgan fingerprint density at radius 2 is 1.89 bits per heavy atom. The summed E-state index contributed by atoms with van der Waals surface area (Å²) in [4.78, 5) is 19.0. The second-order valence-corrected chi connectivity index (χ2v) is 7.57. The zero-order chi connectivity index (χ0) is 26.1. The molecule has 1 aromatic carbocycles. The molecule has 4 aromatic rings. The van der Waals surface area contributed by atoms with E-state index in [9.17, 15) is 31.9 Å². The lowest BCUT2D eigenvalue weighted by atomic mass is 10.0. The molecule has 36 heavy (non-hydrogen) atoms. The number of quaternary nitrogens is 1. The predicted molar refractivity (Wildman–Crippen MR) is 112 cm³/mol. The highest BCUT2D eigenvalue weighted by Crippen LogP contribution is 2.31. The van der Waals surface area contributed by atoms with Crippen LogP contribution in [0.15, 0.2) is 53.4 Å². The van der Waals surface area contributed by atoms with Crippen LogP contribution in [-0.2, 0) is 11.3 Å². The standard InChI is InChI=1S/C21H16F5N7O3/c22-12-4-2-1-3-11(12)9-33-16(14-5-6-36-32-14)7-15(31-33)18-28-8-13(23)17(30-18)29-10-20(35,19(27)34)21(24,25)26/h1-8,35H,9-10H2,(H2,27,34)(H,28,29,30)/p+1. The Kier molecular flexibility index (Phi) is 6.51. The third-order valence-electron chi connectivity index (χ3n) is 5.17. The van der Waals surface area contributed by atoms with Gasteiger partial charge >= 0.3 is 12.1 Å². The molecule has 5 N–H and O–H groups in total. The average Bonchev–Trinajstić information content (AvgIpc) is 3.49. The van der Waals surface area contributed by atoms with Crippen molar-refractivity contribution in [3.8, 4) is 22.9 Å². The molecule has 1 amide bonds. The molecule has 4 rings (SSSR count). The van der Waals surface area contributed by atoms with Crippen LogP contribution in [0.1, 0.15) is 5.56 Å². The van der Waals surface area contributed by atoms with E-state index in [1.165, 1.54) is 35.2 Å². The monoisotopic (exact) mass is 510 g/mol. The third kappa shape index (κ3) is 4.78. The molecule has 0 saturated carbocycles. The molecule has 10 nitrogen and oxygen atoms in total. The van der Waals surface area contributed by atoms with Crippen LogP contribution in [0.25, 0.3) is 22.9 Å². The summed E-state index contributed by atoms with van der Waals surface area (Å²) in [6.07, 6.45) is -3.39. The second kappa shape index (κ2) is 9.43. The number of carbonyl (C=O) groups is 1. The van der Waals surface area contributed by atoms with Crippen LogP contribution in [-0.4, -0.2) is 54.2 Å². The molecule has 0 aliphatic rings. The molecule has 0 spiro atoms. The first-order valence-corrected chi connectivity index (χ1v) is 10.1. The largest absolute Gasteiger partial charge is 0.432 e. The average molecular weight is 510 g/mol. The molecule has 188 valence electrons. The van der Waals surface area contributed by atoms with E-state index < -0.39 is 41.7 Å². The summed E-state index contributed by atoms with van der Waals surface area (Å²) < 4.78 is 74.2. The van der Waals surface area contributed by atoms with Gasteiger partial charge in [-0.05, 0) is 12.1 Å². The Labute approximate surface area is 198 Å². The highest BCUT2D eigenvalue weighted by molar-refractivity contribution is 5.77. The fourth-order valence-corrected chi connectivity index (χ4v) is 3.17. The first-order chi connectivity index (χ1) is 17.0. The van der Waals surface area contributed by atoms with Crippen molar-refractivity contribution in [3.05, 3.63) is 66.1 Å². The lowest BCUT2D eigenvalue weighted by Gasteiger charge is -2.25. The Balaban J connectivity index is 1.69. The van der Waals surface area contributed by atoms with E-state index in [1.54, 1.807) is 12.1 Å². The van der Waals surface area contributed by atoms with Crippen LogP contribution in [0.3, 0.4) is 0 Å². The summed E-state index contributed by atoms with van der Waals surface area (Å²) in [6.45, 7) is -1.48. The van der Waals surface area contributed by atoms with Gasteiger partial charge in [0.1, 0.15) is 23.5 Å². The summed E-state index contributed by atoms with van der Waals surface area (Å²) in [6, 6.07) is 8.94. The highest BCUT2D eigenvalue weighted by Gasteiger charge is 2.61. The fraction of sp³-hybridized carbons (Fsp3) is 0.190. The van der Waals surface area contributed by atoms with Crippen LogP contribution in [0.4, 0.5) is 27.8 Å². The topological polar surface area (TPSA) is 147 Å². The maximum Gasteiger partial charge on any atom is 0.432 e. The number of rotatable bonds is 8. The van der Waals surface area contributed by atoms with Crippen molar-refractivity contribution >= 4 is 11.7 Å². The smallest absolute Gasteiger partial charge is 0.368 e. The van der Waals surface area contributed by atoms with Crippen LogP contribution >= 0.6 is 0 Å². The molecule has 0 saturated heterocycles. The lowest BCUT2D eigenvalue weighted by Crippen LogP contribution is -2.74. The fourth-order valence-electron chi connectivity index (χ4n) is 3.17. The number of carbonyl (C=O) groups excluding carboxylic acids is 1. The van der Waals surface area contributed by atoms with Crippen molar-refractivity contribution < 1.29 is 42.1 Å². The number of nitrogens with zero attached hydrogens (tertiary/aromatic N) is 5. The Morgan fingerprint density at radius 1 is 1.14 bits per heavy atom. The number of benzene rings is 1. The zero-order valence-corrected chi connectivity index (χ0v) is 18.1. The molecule has 0 aliphatic carbocycles. The minimum absolute atomic E-state index is 0.0363. The van der Waals surface area contributed by atoms with E-state index in [0.29, 0.717) is 23.1 Å². The quantitative estimate of drug-likeness (QED) is 0.304. The number of amides is 1. The van der Waals surface area contributed by atoms with Gasteiger partial charge in [-0.2, -0.15) is 18.3 Å². The lowest BCUT2D eigenvalue weighted by molar-refractivity contribution is -0.351. The molecule has 0 aliphatic heterocycles. The number of aliphatic hydroxyl groups is 1. The van der Waals surface area contributed by atoms with Crippen molar-refractivity contribution in [2.75, 3.05) is 11.9 Å². The van der Waals surface area contributed by atoms with Crippen molar-refractivity contribution in [1.29, 1.82) is 0 Å². The number of aromatic nitrogens is 5. The van der Waals surface area contributed by atoms with Crippen molar-refractivity contribution in [3.63, 3.8) is 0 Å². The molecule has 1 atom stereocenters. The number of nitrogens with one attached hydrogen (secondary N) is 1. The van der Waals surface area contributed by atoms with Gasteiger partial charge in [0, 0.05) is 11.6 Å². The summed E-state index contributed by atoms with van der Waals surface area (Å²) in [7, 11) is 0. The maximum atomic E-state index is 14.3. The molecular formula is C21H17F5N7O3+. The molecule has 15 heteroatoms. The van der Waals surface area contributed by atoms with E-state index in [4.69, 9.17) is 4.52 Å². The van der Waals surface area contributed by atoms with E-state index >= 15 is 0 Å². The molecule has 3 heterocycles. The third-order valence-corrected chi connectivity index (χ3v) is 5.17. The number of hydrogen-bond donors (Lipinski definition) is 3. The Bertz CT molecular complexity index is 1390. The summed E-state index contributed by atoms with van der Waals surface area (Å²) in [5.74, 6) is -4.41. The van der Waals surface area contributed by atoms with Crippen LogP contribution in [0.2, 0.25) is 0 Å². The number of anilines is 1. The SMILES string of the molecule is [NH3+]C(=O)C(O)(CNc1nc(-c2cc(-c3ccon3)n(Cc3ccccc3F)n2)ncc1F)C(F)(F)F.